The highest BCUT2D eigenvalue weighted by Gasteiger charge is 2.28. The van der Waals surface area contributed by atoms with Crippen molar-refractivity contribution in [2.24, 2.45) is 0 Å². The third-order valence-electron chi connectivity index (χ3n) is 6.17. The van der Waals surface area contributed by atoms with Gasteiger partial charge in [0.2, 0.25) is 11.7 Å². The molecule has 0 radical (unpaired) electrons. The van der Waals surface area contributed by atoms with E-state index in [1.165, 1.54) is 24.0 Å². The molecule has 2 aromatic heterocycles. The van der Waals surface area contributed by atoms with Gasteiger partial charge in [0.25, 0.3) is 5.91 Å². The number of aromatic nitrogens is 4. The zero-order valence-corrected chi connectivity index (χ0v) is 16.6. The highest BCUT2D eigenvalue weighted by molar-refractivity contribution is 5.92. The summed E-state index contributed by atoms with van der Waals surface area (Å²) < 4.78 is 7.29. The molecule has 1 N–H and O–H groups in total. The lowest BCUT2D eigenvalue weighted by atomic mass is 10.0. The number of benzene rings is 1. The van der Waals surface area contributed by atoms with Gasteiger partial charge in [-0.15, -0.1) is 0 Å². The van der Waals surface area contributed by atoms with Crippen molar-refractivity contribution in [2.45, 2.75) is 64.0 Å². The Morgan fingerprint density at radius 3 is 2.93 bits per heavy atom. The molecule has 1 saturated carbocycles. The highest BCUT2D eigenvalue weighted by Crippen LogP contribution is 2.34. The van der Waals surface area contributed by atoms with Crippen LogP contribution in [0.4, 0.5) is 0 Å². The molecule has 2 aliphatic carbocycles. The fraction of sp³-hybridized carbons (Fsp3) is 0.455. The minimum Gasteiger partial charge on any atom is -0.344 e. The van der Waals surface area contributed by atoms with Crippen LogP contribution in [0.15, 0.2) is 35.2 Å². The topological polar surface area (TPSA) is 85.8 Å². The van der Waals surface area contributed by atoms with Gasteiger partial charge in [-0.2, -0.15) is 4.98 Å². The maximum atomic E-state index is 13.0. The van der Waals surface area contributed by atoms with Gasteiger partial charge in [-0.3, -0.25) is 4.79 Å². The Balaban J connectivity index is 1.33. The summed E-state index contributed by atoms with van der Waals surface area (Å²) in [5.41, 5.74) is 4.03. The summed E-state index contributed by atoms with van der Waals surface area (Å²) in [4.78, 5) is 21.6. The first-order valence-corrected chi connectivity index (χ1v) is 10.5. The number of nitrogens with one attached hydrogen (secondary N) is 1. The van der Waals surface area contributed by atoms with Crippen LogP contribution < -0.4 is 5.32 Å². The summed E-state index contributed by atoms with van der Waals surface area (Å²) in [7, 11) is 0. The smallest absolute Gasteiger partial charge is 0.270 e. The van der Waals surface area contributed by atoms with E-state index in [1.807, 2.05) is 13.0 Å². The summed E-state index contributed by atoms with van der Waals surface area (Å²) in [5, 5.41) is 7.29. The first kappa shape index (κ1) is 18.1. The van der Waals surface area contributed by atoms with Crippen LogP contribution in [-0.4, -0.2) is 25.6 Å². The number of carbonyl (C=O) groups excluding carboxylic acids is 1. The van der Waals surface area contributed by atoms with Gasteiger partial charge >= 0.3 is 0 Å². The van der Waals surface area contributed by atoms with Crippen molar-refractivity contribution in [1.82, 2.24) is 25.0 Å². The molecule has 7 heteroatoms. The summed E-state index contributed by atoms with van der Waals surface area (Å²) >= 11 is 0. The molecule has 2 aliphatic rings. The van der Waals surface area contributed by atoms with Crippen LogP contribution in [0.3, 0.4) is 0 Å². The quantitative estimate of drug-likeness (QED) is 0.710. The second kappa shape index (κ2) is 7.46. The average molecular weight is 391 g/mol. The number of amides is 1. The Bertz CT molecular complexity index is 1030. The molecule has 150 valence electrons. The first-order valence-electron chi connectivity index (χ1n) is 10.5. The fourth-order valence-electron chi connectivity index (χ4n) is 4.61. The molecular weight excluding hydrogens is 366 g/mol. The van der Waals surface area contributed by atoms with E-state index in [2.05, 4.69) is 37.1 Å². The Hall–Kier alpha value is -2.96. The molecule has 2 heterocycles. The van der Waals surface area contributed by atoms with E-state index in [-0.39, 0.29) is 11.9 Å². The van der Waals surface area contributed by atoms with Crippen LogP contribution >= 0.6 is 0 Å². The molecule has 3 aromatic rings. The third-order valence-corrected chi connectivity index (χ3v) is 6.17. The normalized spacial score (nSPS) is 18.9. The van der Waals surface area contributed by atoms with Gasteiger partial charge < -0.3 is 14.4 Å². The predicted octanol–water partition coefficient (Wildman–Crippen LogP) is 4.03. The Morgan fingerprint density at radius 2 is 2.14 bits per heavy atom. The largest absolute Gasteiger partial charge is 0.344 e. The first-order chi connectivity index (χ1) is 14.2. The van der Waals surface area contributed by atoms with Gasteiger partial charge in [0.15, 0.2) is 0 Å². The van der Waals surface area contributed by atoms with Crippen molar-refractivity contribution in [2.75, 3.05) is 0 Å². The molecule has 0 unspecified atom stereocenters. The number of hydrogen-bond donors (Lipinski definition) is 1. The molecular formula is C22H25N5O2. The van der Waals surface area contributed by atoms with Gasteiger partial charge in [0, 0.05) is 18.0 Å². The number of carbonyl (C=O) groups is 1. The van der Waals surface area contributed by atoms with E-state index < -0.39 is 0 Å². The third kappa shape index (κ3) is 3.34. The van der Waals surface area contributed by atoms with Gasteiger partial charge in [-0.25, -0.2) is 4.98 Å². The van der Waals surface area contributed by atoms with Crippen molar-refractivity contribution in [3.05, 3.63) is 53.4 Å². The molecule has 1 aromatic carbocycles. The molecule has 0 bridgehead atoms. The second-order valence-electron chi connectivity index (χ2n) is 7.97. The Labute approximate surface area is 169 Å². The summed E-state index contributed by atoms with van der Waals surface area (Å²) in [5.74, 6) is 1.23. The minimum atomic E-state index is -0.0397. The van der Waals surface area contributed by atoms with Crippen molar-refractivity contribution in [3.63, 3.8) is 0 Å². The SMILES string of the molecule is CCc1nc(-c2ccc3c(c2)CC[C@H]3NC(=O)c2cncn2C2CCCC2)no1. The summed E-state index contributed by atoms with van der Waals surface area (Å²) in [6.45, 7) is 1.99. The minimum absolute atomic E-state index is 0.0231. The molecule has 0 aliphatic heterocycles. The molecule has 0 spiro atoms. The van der Waals surface area contributed by atoms with Crippen molar-refractivity contribution >= 4 is 5.91 Å². The van der Waals surface area contributed by atoms with Crippen molar-refractivity contribution in [1.29, 1.82) is 0 Å². The lowest BCUT2D eigenvalue weighted by Gasteiger charge is -2.18. The molecule has 5 rings (SSSR count). The van der Waals surface area contributed by atoms with E-state index in [4.69, 9.17) is 4.52 Å². The molecule has 29 heavy (non-hydrogen) atoms. The number of fused-ring (bicyclic) bond motifs is 1. The van der Waals surface area contributed by atoms with Crippen LogP contribution in [0.25, 0.3) is 11.4 Å². The van der Waals surface area contributed by atoms with Crippen molar-refractivity contribution in [3.8, 4) is 11.4 Å². The van der Waals surface area contributed by atoms with Crippen LogP contribution in [0.1, 0.15) is 78.6 Å². The fourth-order valence-corrected chi connectivity index (χ4v) is 4.61. The van der Waals surface area contributed by atoms with Crippen LogP contribution in [0.5, 0.6) is 0 Å². The zero-order chi connectivity index (χ0) is 19.8. The lowest BCUT2D eigenvalue weighted by Crippen LogP contribution is -2.29. The zero-order valence-electron chi connectivity index (χ0n) is 16.6. The average Bonchev–Trinajstić information content (AvgIpc) is 3.54. The Morgan fingerprint density at radius 1 is 1.28 bits per heavy atom. The number of nitrogens with zero attached hydrogens (tertiary/aromatic N) is 4. The molecule has 1 amide bonds. The molecule has 7 nitrogen and oxygen atoms in total. The van der Waals surface area contributed by atoms with Gasteiger partial charge in [0.05, 0.1) is 18.6 Å². The number of aryl methyl sites for hydroxylation is 2. The van der Waals surface area contributed by atoms with Crippen LogP contribution in [-0.2, 0) is 12.8 Å². The summed E-state index contributed by atoms with van der Waals surface area (Å²) in [6.07, 6.45) is 10.7. The number of hydrogen-bond acceptors (Lipinski definition) is 5. The Kier molecular flexibility index (Phi) is 4.66. The molecule has 1 atom stereocenters. The van der Waals surface area contributed by atoms with E-state index >= 15 is 0 Å². The monoisotopic (exact) mass is 391 g/mol. The van der Waals surface area contributed by atoms with E-state index in [0.717, 1.165) is 37.7 Å². The van der Waals surface area contributed by atoms with Gasteiger partial charge in [-0.1, -0.05) is 37.1 Å². The van der Waals surface area contributed by atoms with Crippen LogP contribution in [0.2, 0.25) is 0 Å². The van der Waals surface area contributed by atoms with Gasteiger partial charge in [-0.05, 0) is 42.9 Å². The van der Waals surface area contributed by atoms with E-state index in [0.29, 0.717) is 23.5 Å². The second-order valence-corrected chi connectivity index (χ2v) is 7.97. The van der Waals surface area contributed by atoms with Gasteiger partial charge in [0.1, 0.15) is 5.69 Å². The standard InChI is InChI=1S/C22H25N5O2/c1-2-20-25-21(26-29-20)15-7-9-17-14(11-15)8-10-18(17)24-22(28)19-12-23-13-27(19)16-5-3-4-6-16/h7,9,11-13,16,18H,2-6,8,10H2,1H3,(H,24,28)/t18-/m1/s1. The summed E-state index contributed by atoms with van der Waals surface area (Å²) in [6, 6.07) is 6.64. The number of rotatable bonds is 5. The predicted molar refractivity (Wildman–Crippen MR) is 107 cm³/mol. The van der Waals surface area contributed by atoms with E-state index in [9.17, 15) is 4.79 Å². The maximum Gasteiger partial charge on any atom is 0.270 e. The van der Waals surface area contributed by atoms with Crippen LogP contribution in [0, 0.1) is 0 Å². The van der Waals surface area contributed by atoms with E-state index in [1.54, 1.807) is 12.5 Å². The number of imidazole rings is 1. The van der Waals surface area contributed by atoms with Crippen molar-refractivity contribution < 1.29 is 9.32 Å². The maximum absolute atomic E-state index is 13.0. The highest BCUT2D eigenvalue weighted by atomic mass is 16.5. The molecule has 0 saturated heterocycles. The lowest BCUT2D eigenvalue weighted by molar-refractivity contribution is 0.0925. The molecule has 1 fully saturated rings.